The van der Waals surface area contributed by atoms with Gasteiger partial charge in [0.1, 0.15) is 6.04 Å². The Labute approximate surface area is 249 Å². The zero-order valence-corrected chi connectivity index (χ0v) is 25.1. The molecule has 1 aliphatic rings. The summed E-state index contributed by atoms with van der Waals surface area (Å²) in [7, 11) is -3.92. The molecule has 1 heterocycles. The van der Waals surface area contributed by atoms with E-state index in [0.29, 0.717) is 25.8 Å². The molecule has 0 aliphatic carbocycles. The molecule has 1 fully saturated rings. The minimum Gasteiger partial charge on any atom is -0.343 e. The molecule has 0 spiro atoms. The lowest BCUT2D eigenvalue weighted by atomic mass is 9.90. The number of nitrogens with one attached hydrogen (secondary N) is 1. The first-order valence-electron chi connectivity index (χ1n) is 14.6. The first kappa shape index (κ1) is 31.0. The minimum absolute atomic E-state index is 0.123. The van der Waals surface area contributed by atoms with E-state index in [4.69, 9.17) is 0 Å². The van der Waals surface area contributed by atoms with E-state index in [2.05, 4.69) is 11.4 Å². The highest BCUT2D eigenvalue weighted by molar-refractivity contribution is 7.93. The van der Waals surface area contributed by atoms with Gasteiger partial charge in [0.05, 0.1) is 17.0 Å². The van der Waals surface area contributed by atoms with Crippen molar-refractivity contribution in [2.75, 3.05) is 6.54 Å². The van der Waals surface area contributed by atoms with Crippen molar-refractivity contribution in [1.29, 1.82) is 5.26 Å². The largest absolute Gasteiger partial charge is 0.343 e. The van der Waals surface area contributed by atoms with Gasteiger partial charge in [-0.25, -0.2) is 8.42 Å². The topological polar surface area (TPSA) is 107 Å². The number of hydrogen-bond acceptors (Lipinski definition) is 5. The number of nitriles is 1. The van der Waals surface area contributed by atoms with Crippen LogP contribution in [0.3, 0.4) is 0 Å². The number of carbonyl (C=O) groups excluding carboxylic acids is 2. The van der Waals surface area contributed by atoms with Gasteiger partial charge < -0.3 is 10.2 Å². The van der Waals surface area contributed by atoms with Gasteiger partial charge in [-0.15, -0.1) is 0 Å². The Morgan fingerprint density at radius 3 is 2.00 bits per heavy atom. The van der Waals surface area contributed by atoms with Crippen LogP contribution in [0.25, 0.3) is 0 Å². The molecule has 1 unspecified atom stereocenters. The van der Waals surface area contributed by atoms with E-state index in [0.717, 1.165) is 17.5 Å². The molecule has 3 aromatic carbocycles. The van der Waals surface area contributed by atoms with E-state index in [-0.39, 0.29) is 35.6 Å². The van der Waals surface area contributed by atoms with Crippen molar-refractivity contribution in [1.82, 2.24) is 10.2 Å². The van der Waals surface area contributed by atoms with E-state index in [1.165, 1.54) is 12.1 Å². The van der Waals surface area contributed by atoms with Crippen LogP contribution in [0.4, 0.5) is 0 Å². The van der Waals surface area contributed by atoms with Gasteiger partial charge in [-0.1, -0.05) is 99.1 Å². The molecule has 4 rings (SSSR count). The molecule has 0 saturated carbocycles. The van der Waals surface area contributed by atoms with Crippen LogP contribution >= 0.6 is 0 Å². The number of carbonyl (C=O) groups is 2. The summed E-state index contributed by atoms with van der Waals surface area (Å²) in [6.07, 6.45) is 2.49. The van der Waals surface area contributed by atoms with E-state index in [1.54, 1.807) is 36.9 Å². The van der Waals surface area contributed by atoms with Crippen molar-refractivity contribution in [3.05, 3.63) is 102 Å². The number of hydrogen-bond donors (Lipinski definition) is 1. The standard InChI is InChI=1S/C34H39N3O4S/c1-26(2)34(25-35,42(40,41)29-19-10-5-11-20-29)23-13-12-22-31(38)37-24-14-21-30(37)33(39)36-32(27-15-6-3-7-16-27)28-17-8-4-9-18-28/h3-11,15-20,26,30,32H,12-14,21-24H2,1-2H3,(H,36,39)/t30-,34?/m1/s1. The van der Waals surface area contributed by atoms with Crippen molar-refractivity contribution in [3.8, 4) is 6.07 Å². The zero-order valence-electron chi connectivity index (χ0n) is 24.3. The molecule has 0 aromatic heterocycles. The van der Waals surface area contributed by atoms with Crippen LogP contribution in [0.5, 0.6) is 0 Å². The highest BCUT2D eigenvalue weighted by Gasteiger charge is 2.47. The van der Waals surface area contributed by atoms with Gasteiger partial charge in [0, 0.05) is 13.0 Å². The molecule has 0 radical (unpaired) electrons. The Morgan fingerprint density at radius 2 is 1.48 bits per heavy atom. The van der Waals surface area contributed by atoms with Crippen LogP contribution in [0, 0.1) is 17.2 Å². The third kappa shape index (κ3) is 6.57. The summed E-state index contributed by atoms with van der Waals surface area (Å²) in [5.41, 5.74) is 1.93. The third-order valence-corrected chi connectivity index (χ3v) is 10.9. The van der Waals surface area contributed by atoms with Crippen molar-refractivity contribution < 1.29 is 18.0 Å². The molecule has 1 N–H and O–H groups in total. The molecule has 0 bridgehead atoms. The Kier molecular flexibility index (Phi) is 10.2. The van der Waals surface area contributed by atoms with E-state index < -0.39 is 26.5 Å². The summed E-state index contributed by atoms with van der Waals surface area (Å²) in [5, 5.41) is 13.3. The van der Waals surface area contributed by atoms with Gasteiger partial charge in [0.2, 0.25) is 11.8 Å². The summed E-state index contributed by atoms with van der Waals surface area (Å²) >= 11 is 0. The maximum Gasteiger partial charge on any atom is 0.243 e. The maximum absolute atomic E-state index is 13.5. The van der Waals surface area contributed by atoms with Gasteiger partial charge in [0.25, 0.3) is 0 Å². The molecule has 3 aromatic rings. The first-order valence-corrected chi connectivity index (χ1v) is 16.1. The lowest BCUT2D eigenvalue weighted by Crippen LogP contribution is -2.47. The number of rotatable bonds is 12. The van der Waals surface area contributed by atoms with Crippen molar-refractivity contribution in [2.45, 2.75) is 74.1 Å². The zero-order chi connectivity index (χ0) is 30.2. The summed E-state index contributed by atoms with van der Waals surface area (Å²) in [4.78, 5) is 28.6. The van der Waals surface area contributed by atoms with Gasteiger partial charge in [-0.3, -0.25) is 9.59 Å². The molecule has 2 atom stereocenters. The highest BCUT2D eigenvalue weighted by Crippen LogP contribution is 2.37. The average molecular weight is 586 g/mol. The van der Waals surface area contributed by atoms with Crippen molar-refractivity contribution >= 4 is 21.7 Å². The SMILES string of the molecule is CC(C)C(C#N)(CCCCC(=O)N1CCC[C@@H]1C(=O)NC(c1ccccc1)c1ccccc1)S(=O)(=O)c1ccccc1. The summed E-state index contributed by atoms with van der Waals surface area (Å²) in [6.45, 7) is 4.01. The number of likely N-dealkylation sites (tertiary alicyclic amines) is 1. The van der Waals surface area contributed by atoms with E-state index >= 15 is 0 Å². The minimum atomic E-state index is -3.92. The second-order valence-electron chi connectivity index (χ2n) is 11.2. The normalized spacial score (nSPS) is 16.6. The van der Waals surface area contributed by atoms with Crippen molar-refractivity contribution in [2.24, 2.45) is 5.92 Å². The van der Waals surface area contributed by atoms with Gasteiger partial charge >= 0.3 is 0 Å². The van der Waals surface area contributed by atoms with Crippen LogP contribution in [-0.4, -0.2) is 42.5 Å². The Hall–Kier alpha value is -3.96. The molecule has 7 nitrogen and oxygen atoms in total. The molecule has 1 aliphatic heterocycles. The fourth-order valence-electron chi connectivity index (χ4n) is 5.82. The molecule has 1 saturated heterocycles. The molecular weight excluding hydrogens is 546 g/mol. The summed E-state index contributed by atoms with van der Waals surface area (Å²) < 4.78 is 25.5. The van der Waals surface area contributed by atoms with Gasteiger partial charge in [-0.2, -0.15) is 5.26 Å². The van der Waals surface area contributed by atoms with Crippen LogP contribution < -0.4 is 5.32 Å². The van der Waals surface area contributed by atoms with Crippen LogP contribution in [0.15, 0.2) is 95.9 Å². The number of sulfone groups is 1. The molecular formula is C34H39N3O4S. The molecule has 8 heteroatoms. The third-order valence-electron chi connectivity index (χ3n) is 8.27. The van der Waals surface area contributed by atoms with E-state index in [1.807, 2.05) is 60.7 Å². The Morgan fingerprint density at radius 1 is 0.929 bits per heavy atom. The summed E-state index contributed by atoms with van der Waals surface area (Å²) in [5.74, 6) is -0.741. The monoisotopic (exact) mass is 585 g/mol. The molecule has 42 heavy (non-hydrogen) atoms. The van der Waals surface area contributed by atoms with Crippen LogP contribution in [0.1, 0.15) is 69.5 Å². The van der Waals surface area contributed by atoms with Gasteiger partial charge in [0.15, 0.2) is 14.6 Å². The first-order chi connectivity index (χ1) is 20.2. The number of unbranched alkanes of at least 4 members (excludes halogenated alkanes) is 1. The molecule has 2 amide bonds. The maximum atomic E-state index is 13.5. The van der Waals surface area contributed by atoms with Crippen LogP contribution in [-0.2, 0) is 19.4 Å². The second kappa shape index (κ2) is 13.8. The lowest BCUT2D eigenvalue weighted by Gasteiger charge is -2.30. The number of amides is 2. The predicted octanol–water partition coefficient (Wildman–Crippen LogP) is 5.84. The van der Waals surface area contributed by atoms with E-state index in [9.17, 15) is 23.3 Å². The highest BCUT2D eigenvalue weighted by atomic mass is 32.2. The predicted molar refractivity (Wildman–Crippen MR) is 163 cm³/mol. The second-order valence-corrected chi connectivity index (χ2v) is 13.4. The molecule has 220 valence electrons. The quantitative estimate of drug-likeness (QED) is 0.269. The Bertz CT molecular complexity index is 1450. The van der Waals surface area contributed by atoms with Crippen molar-refractivity contribution in [3.63, 3.8) is 0 Å². The number of benzene rings is 3. The fraction of sp³-hybridized carbons (Fsp3) is 0.382. The van der Waals surface area contributed by atoms with Gasteiger partial charge in [-0.05, 0) is 54.9 Å². The average Bonchev–Trinajstić information content (AvgIpc) is 3.51. The Balaban J connectivity index is 1.40. The lowest BCUT2D eigenvalue weighted by molar-refractivity contribution is -0.138. The van der Waals surface area contributed by atoms with Crippen LogP contribution in [0.2, 0.25) is 0 Å². The fourth-order valence-corrected chi connectivity index (χ4v) is 7.91. The smallest absolute Gasteiger partial charge is 0.243 e. The number of nitrogens with zero attached hydrogens (tertiary/aromatic N) is 2. The summed E-state index contributed by atoms with van der Waals surface area (Å²) in [6, 6.07) is 28.9.